The van der Waals surface area contributed by atoms with Crippen LogP contribution >= 0.6 is 0 Å². The summed E-state index contributed by atoms with van der Waals surface area (Å²) in [5.41, 5.74) is 1.69. The molecule has 0 aliphatic carbocycles. The molecule has 2 rings (SSSR count). The molecular formula is C13H16N4O. The second-order valence-electron chi connectivity index (χ2n) is 4.56. The molecule has 0 radical (unpaired) electrons. The highest BCUT2D eigenvalue weighted by Gasteiger charge is 2.12. The van der Waals surface area contributed by atoms with E-state index in [0.29, 0.717) is 6.04 Å². The molecule has 5 nitrogen and oxygen atoms in total. The zero-order chi connectivity index (χ0) is 13.1. The van der Waals surface area contributed by atoms with Crippen molar-refractivity contribution in [2.45, 2.75) is 33.2 Å². The maximum absolute atomic E-state index is 11.9. The summed E-state index contributed by atoms with van der Waals surface area (Å²) in [4.78, 5) is 20.0. The Morgan fingerprint density at radius 3 is 2.56 bits per heavy atom. The average molecular weight is 244 g/mol. The van der Waals surface area contributed by atoms with Gasteiger partial charge in [0.05, 0.1) is 12.1 Å². The van der Waals surface area contributed by atoms with Crippen molar-refractivity contribution in [2.75, 3.05) is 0 Å². The fourth-order valence-electron chi connectivity index (χ4n) is 1.54. The van der Waals surface area contributed by atoms with Crippen LogP contribution in [0.4, 0.5) is 0 Å². The van der Waals surface area contributed by atoms with Crippen LogP contribution in [-0.2, 0) is 6.42 Å². The quantitative estimate of drug-likeness (QED) is 0.772. The lowest BCUT2D eigenvalue weighted by Gasteiger charge is -2.03. The van der Waals surface area contributed by atoms with Crippen molar-refractivity contribution in [3.05, 3.63) is 41.7 Å². The van der Waals surface area contributed by atoms with Crippen LogP contribution < -0.4 is 0 Å². The van der Waals surface area contributed by atoms with Crippen LogP contribution in [-0.4, -0.2) is 25.5 Å². The van der Waals surface area contributed by atoms with E-state index in [4.69, 9.17) is 0 Å². The van der Waals surface area contributed by atoms with E-state index in [0.717, 1.165) is 11.3 Å². The van der Waals surface area contributed by atoms with Crippen molar-refractivity contribution in [1.29, 1.82) is 0 Å². The van der Waals surface area contributed by atoms with E-state index < -0.39 is 0 Å². The first-order valence-corrected chi connectivity index (χ1v) is 5.92. The lowest BCUT2D eigenvalue weighted by molar-refractivity contribution is 0.0981. The fourth-order valence-corrected chi connectivity index (χ4v) is 1.54. The van der Waals surface area contributed by atoms with Gasteiger partial charge in [-0.1, -0.05) is 0 Å². The van der Waals surface area contributed by atoms with Gasteiger partial charge in [-0.25, -0.2) is 9.97 Å². The molecule has 0 amide bonds. The van der Waals surface area contributed by atoms with Gasteiger partial charge in [0.15, 0.2) is 5.82 Å². The largest absolute Gasteiger partial charge is 0.290 e. The normalized spacial score (nSPS) is 10.9. The molecule has 0 aliphatic heterocycles. The Labute approximate surface area is 106 Å². The van der Waals surface area contributed by atoms with Crippen molar-refractivity contribution >= 4 is 5.78 Å². The smallest absolute Gasteiger partial charge is 0.206 e. The maximum atomic E-state index is 11.9. The molecule has 94 valence electrons. The highest BCUT2D eigenvalue weighted by Crippen LogP contribution is 2.06. The van der Waals surface area contributed by atoms with Crippen molar-refractivity contribution < 1.29 is 4.79 Å². The minimum atomic E-state index is -0.107. The van der Waals surface area contributed by atoms with Crippen LogP contribution in [0.5, 0.6) is 0 Å². The molecule has 2 aromatic rings. The van der Waals surface area contributed by atoms with Gasteiger partial charge in [0.25, 0.3) is 0 Å². The highest BCUT2D eigenvalue weighted by atomic mass is 16.1. The minimum absolute atomic E-state index is 0.107. The molecule has 2 heterocycles. The van der Waals surface area contributed by atoms with Gasteiger partial charge in [0.2, 0.25) is 5.78 Å². The molecule has 0 spiro atoms. The summed E-state index contributed by atoms with van der Waals surface area (Å²) in [5, 5.41) is 4.33. The second kappa shape index (κ2) is 5.08. The number of carbonyl (C=O) groups excluding carboxylic acids is 1. The molecule has 0 aliphatic rings. The third-order valence-corrected chi connectivity index (χ3v) is 2.56. The van der Waals surface area contributed by atoms with E-state index in [1.807, 2.05) is 37.7 Å². The van der Waals surface area contributed by atoms with Crippen LogP contribution in [0, 0.1) is 6.92 Å². The summed E-state index contributed by atoms with van der Waals surface area (Å²) in [7, 11) is 0. The van der Waals surface area contributed by atoms with Gasteiger partial charge in [-0.3, -0.25) is 9.48 Å². The van der Waals surface area contributed by atoms with Gasteiger partial charge < -0.3 is 0 Å². The monoisotopic (exact) mass is 244 g/mol. The first-order valence-electron chi connectivity index (χ1n) is 5.92. The van der Waals surface area contributed by atoms with E-state index in [9.17, 15) is 4.79 Å². The first kappa shape index (κ1) is 12.4. The van der Waals surface area contributed by atoms with Crippen LogP contribution in [0.2, 0.25) is 0 Å². The third kappa shape index (κ3) is 2.80. The zero-order valence-electron chi connectivity index (χ0n) is 10.8. The molecule has 0 unspecified atom stereocenters. The minimum Gasteiger partial charge on any atom is -0.290 e. The number of rotatable bonds is 4. The van der Waals surface area contributed by atoms with Crippen molar-refractivity contribution in [3.8, 4) is 0 Å². The summed E-state index contributed by atoms with van der Waals surface area (Å²) in [6.07, 6.45) is 5.41. The van der Waals surface area contributed by atoms with Crippen LogP contribution in [0.25, 0.3) is 0 Å². The number of hydrogen-bond donors (Lipinski definition) is 0. The summed E-state index contributed by atoms with van der Waals surface area (Å²) in [6, 6.07) is 2.15. The first-order chi connectivity index (χ1) is 8.56. The Kier molecular flexibility index (Phi) is 3.50. The molecule has 0 saturated heterocycles. The molecule has 0 fully saturated rings. The highest BCUT2D eigenvalue weighted by molar-refractivity contribution is 5.93. The number of hydrogen-bond acceptors (Lipinski definition) is 4. The Balaban J connectivity index is 2.08. The number of carbonyl (C=O) groups is 1. The van der Waals surface area contributed by atoms with Gasteiger partial charge in [-0.05, 0) is 32.4 Å². The Morgan fingerprint density at radius 1 is 1.33 bits per heavy atom. The lowest BCUT2D eigenvalue weighted by Crippen LogP contribution is -2.10. The summed E-state index contributed by atoms with van der Waals surface area (Å²) >= 11 is 0. The average Bonchev–Trinajstić information content (AvgIpc) is 2.78. The molecule has 0 saturated carbocycles. The summed E-state index contributed by atoms with van der Waals surface area (Å²) < 4.78 is 1.83. The Hall–Kier alpha value is -2.04. The molecule has 0 bridgehead atoms. The predicted molar refractivity (Wildman–Crippen MR) is 67.4 cm³/mol. The van der Waals surface area contributed by atoms with E-state index in [1.165, 1.54) is 0 Å². The second-order valence-corrected chi connectivity index (χ2v) is 4.56. The zero-order valence-corrected chi connectivity index (χ0v) is 10.8. The number of nitrogens with zero attached hydrogens (tertiary/aromatic N) is 4. The van der Waals surface area contributed by atoms with Gasteiger partial charge in [0.1, 0.15) is 0 Å². The van der Waals surface area contributed by atoms with Crippen molar-refractivity contribution in [1.82, 2.24) is 19.7 Å². The number of aryl methyl sites for hydroxylation is 1. The van der Waals surface area contributed by atoms with E-state index in [-0.39, 0.29) is 18.0 Å². The molecule has 2 aromatic heterocycles. The third-order valence-electron chi connectivity index (χ3n) is 2.56. The van der Waals surface area contributed by atoms with Crippen molar-refractivity contribution in [3.63, 3.8) is 0 Å². The van der Waals surface area contributed by atoms with Gasteiger partial charge in [-0.15, -0.1) is 0 Å². The van der Waals surface area contributed by atoms with E-state index in [2.05, 4.69) is 15.1 Å². The van der Waals surface area contributed by atoms with Crippen LogP contribution in [0.3, 0.4) is 0 Å². The molecule has 0 atom stereocenters. The van der Waals surface area contributed by atoms with E-state index >= 15 is 0 Å². The molecule has 0 aromatic carbocycles. The van der Waals surface area contributed by atoms with Gasteiger partial charge in [-0.2, -0.15) is 5.10 Å². The SMILES string of the molecule is Cc1cnc(C(=O)Cc2ccn(C(C)C)n2)nc1. The van der Waals surface area contributed by atoms with Gasteiger partial charge in [0, 0.05) is 24.6 Å². The molecular weight excluding hydrogens is 228 g/mol. The molecule has 5 heteroatoms. The number of Topliss-reactive ketones (excluding diaryl/α,β-unsaturated/α-hetero) is 1. The van der Waals surface area contributed by atoms with Gasteiger partial charge >= 0.3 is 0 Å². The lowest BCUT2D eigenvalue weighted by atomic mass is 10.2. The standard InChI is InChI=1S/C13H16N4O/c1-9(2)17-5-4-11(16-17)6-12(18)13-14-7-10(3)8-15-13/h4-5,7-9H,6H2,1-3H3. The van der Waals surface area contributed by atoms with Crippen molar-refractivity contribution in [2.24, 2.45) is 0 Å². The van der Waals surface area contributed by atoms with E-state index in [1.54, 1.807) is 12.4 Å². The number of ketones is 1. The Bertz CT molecular complexity index is 542. The molecule has 0 N–H and O–H groups in total. The summed E-state index contributed by atoms with van der Waals surface area (Å²) in [6.45, 7) is 5.97. The topological polar surface area (TPSA) is 60.7 Å². The Morgan fingerprint density at radius 2 is 2.00 bits per heavy atom. The van der Waals surface area contributed by atoms with Crippen LogP contribution in [0.15, 0.2) is 24.7 Å². The predicted octanol–water partition coefficient (Wildman–Crippen LogP) is 1.99. The fraction of sp³-hybridized carbons (Fsp3) is 0.385. The van der Waals surface area contributed by atoms with Crippen LogP contribution in [0.1, 0.15) is 41.8 Å². The summed E-state index contributed by atoms with van der Waals surface area (Å²) in [5.74, 6) is 0.142. The maximum Gasteiger partial charge on any atom is 0.206 e. The number of aromatic nitrogens is 4. The molecule has 18 heavy (non-hydrogen) atoms.